The highest BCUT2D eigenvalue weighted by Gasteiger charge is 2.30. The van der Waals surface area contributed by atoms with Crippen molar-refractivity contribution in [1.29, 1.82) is 0 Å². The maximum Gasteiger partial charge on any atom is 0.233 e. The summed E-state index contributed by atoms with van der Waals surface area (Å²) in [6, 6.07) is 11.6. The van der Waals surface area contributed by atoms with Crippen LogP contribution < -0.4 is 15.3 Å². The van der Waals surface area contributed by atoms with Crippen molar-refractivity contribution in [3.05, 3.63) is 65.2 Å². The number of benzene rings is 2. The molecule has 0 radical (unpaired) electrons. The number of aryl methyl sites for hydroxylation is 2. The van der Waals surface area contributed by atoms with Crippen LogP contribution in [0.5, 0.6) is 11.5 Å². The molecule has 0 saturated heterocycles. The van der Waals surface area contributed by atoms with Crippen LogP contribution >= 0.6 is 11.8 Å². The zero-order valence-electron chi connectivity index (χ0n) is 22.6. The molecule has 1 aliphatic carbocycles. The third-order valence-electron chi connectivity index (χ3n) is 6.47. The lowest BCUT2D eigenvalue weighted by Gasteiger charge is -2.24. The topological polar surface area (TPSA) is 86.4 Å². The molecule has 1 fully saturated rings. The maximum atomic E-state index is 13.4. The first-order valence-electron chi connectivity index (χ1n) is 12.6. The molecule has 0 aliphatic heterocycles. The lowest BCUT2D eigenvalue weighted by molar-refractivity contribution is -0.126. The molecule has 1 aliphatic rings. The number of methoxy groups -OCH3 is 2. The standard InChI is InChI=1S/C29H39N3O4S/c1-7-25(34-5)18-36-28-19(2)13-24(14-20(28)3)21(4)37-29(31-30)32(17-22-11-12-22)27(33)16-23-9-8-10-26(15-23)35-6/h8-10,13-15,22,25H,4,7,11-12,16-18,30H2,1-3,5-6H3/b31-29-. The van der Waals surface area contributed by atoms with Gasteiger partial charge in [0, 0.05) is 18.6 Å². The average Bonchev–Trinajstić information content (AvgIpc) is 3.72. The van der Waals surface area contributed by atoms with Crippen molar-refractivity contribution in [2.75, 3.05) is 27.4 Å². The Morgan fingerprint density at radius 1 is 1.22 bits per heavy atom. The molecule has 2 N–H and O–H groups in total. The number of thioether (sulfide) groups is 1. The Morgan fingerprint density at radius 3 is 2.49 bits per heavy atom. The second kappa shape index (κ2) is 13.5. The van der Waals surface area contributed by atoms with Gasteiger partial charge >= 0.3 is 0 Å². The van der Waals surface area contributed by atoms with Crippen LogP contribution in [0.15, 0.2) is 48.1 Å². The zero-order chi connectivity index (χ0) is 26.9. The molecular weight excluding hydrogens is 486 g/mol. The summed E-state index contributed by atoms with van der Waals surface area (Å²) in [6.07, 6.45) is 3.39. The Balaban J connectivity index is 1.74. The minimum atomic E-state index is -0.0515. The molecule has 2 aromatic carbocycles. The highest BCUT2D eigenvalue weighted by Crippen LogP contribution is 2.36. The van der Waals surface area contributed by atoms with Crippen LogP contribution in [0.3, 0.4) is 0 Å². The molecule has 3 rings (SSSR count). The number of ether oxygens (including phenoxy) is 3. The van der Waals surface area contributed by atoms with Gasteiger partial charge in [-0.1, -0.05) is 25.6 Å². The molecule has 1 unspecified atom stereocenters. The van der Waals surface area contributed by atoms with Crippen LogP contribution in [0, 0.1) is 19.8 Å². The Hall–Kier alpha value is -2.97. The van der Waals surface area contributed by atoms with Crippen LogP contribution in [-0.4, -0.2) is 49.4 Å². The molecule has 200 valence electrons. The van der Waals surface area contributed by atoms with Gasteiger partial charge in [0.15, 0.2) is 5.17 Å². The quantitative estimate of drug-likeness (QED) is 0.170. The van der Waals surface area contributed by atoms with E-state index < -0.39 is 0 Å². The van der Waals surface area contributed by atoms with Crippen molar-refractivity contribution in [1.82, 2.24) is 4.90 Å². The van der Waals surface area contributed by atoms with E-state index in [-0.39, 0.29) is 18.4 Å². The van der Waals surface area contributed by atoms with E-state index in [1.165, 1.54) is 11.8 Å². The largest absolute Gasteiger partial charge is 0.497 e. The van der Waals surface area contributed by atoms with Gasteiger partial charge < -0.3 is 20.1 Å². The van der Waals surface area contributed by atoms with Gasteiger partial charge in [0.2, 0.25) is 5.91 Å². The number of carbonyl (C=O) groups is 1. The minimum absolute atomic E-state index is 0.0515. The molecule has 1 atom stereocenters. The fraction of sp³-hybridized carbons (Fsp3) is 0.448. The number of amides is 1. The van der Waals surface area contributed by atoms with Gasteiger partial charge in [-0.3, -0.25) is 9.69 Å². The third-order valence-corrected chi connectivity index (χ3v) is 7.46. The van der Waals surface area contributed by atoms with E-state index >= 15 is 0 Å². The van der Waals surface area contributed by atoms with Crippen LogP contribution in [0.1, 0.15) is 48.4 Å². The van der Waals surface area contributed by atoms with Crippen molar-refractivity contribution < 1.29 is 19.0 Å². The summed E-state index contributed by atoms with van der Waals surface area (Å²) in [5.74, 6) is 7.83. The average molecular weight is 526 g/mol. The summed E-state index contributed by atoms with van der Waals surface area (Å²) in [4.78, 5) is 15.9. The molecule has 0 heterocycles. The van der Waals surface area contributed by atoms with E-state index in [1.807, 2.05) is 50.2 Å². The van der Waals surface area contributed by atoms with E-state index in [0.717, 1.165) is 57.9 Å². The molecule has 8 heteroatoms. The molecule has 0 aromatic heterocycles. The summed E-state index contributed by atoms with van der Waals surface area (Å²) in [5, 5.41) is 4.47. The van der Waals surface area contributed by atoms with E-state index in [9.17, 15) is 4.79 Å². The van der Waals surface area contributed by atoms with Crippen molar-refractivity contribution in [3.63, 3.8) is 0 Å². The number of carbonyl (C=O) groups excluding carboxylic acids is 1. The monoisotopic (exact) mass is 525 g/mol. The summed E-state index contributed by atoms with van der Waals surface area (Å²) in [6.45, 7) is 11.5. The maximum absolute atomic E-state index is 13.4. The minimum Gasteiger partial charge on any atom is -0.497 e. The molecular formula is C29H39N3O4S. The number of rotatable bonds is 12. The van der Waals surface area contributed by atoms with Gasteiger partial charge in [-0.15, -0.1) is 0 Å². The zero-order valence-corrected chi connectivity index (χ0v) is 23.4. The fourth-order valence-electron chi connectivity index (χ4n) is 4.09. The van der Waals surface area contributed by atoms with Crippen LogP contribution in [0.4, 0.5) is 0 Å². The summed E-state index contributed by atoms with van der Waals surface area (Å²) < 4.78 is 16.8. The van der Waals surface area contributed by atoms with Crippen LogP contribution in [0.25, 0.3) is 4.91 Å². The molecule has 1 amide bonds. The Labute approximate surface area is 225 Å². The van der Waals surface area contributed by atoms with Gasteiger partial charge in [0.25, 0.3) is 0 Å². The Bertz CT molecular complexity index is 1100. The summed E-state index contributed by atoms with van der Waals surface area (Å²) in [7, 11) is 3.32. The summed E-state index contributed by atoms with van der Waals surface area (Å²) in [5.41, 5.74) is 3.85. The number of hydrogen-bond donors (Lipinski definition) is 1. The smallest absolute Gasteiger partial charge is 0.233 e. The van der Waals surface area contributed by atoms with Gasteiger partial charge in [0.05, 0.1) is 19.6 Å². The van der Waals surface area contributed by atoms with E-state index in [4.69, 9.17) is 20.1 Å². The number of nitrogens with zero attached hydrogens (tertiary/aromatic N) is 2. The molecule has 0 spiro atoms. The van der Waals surface area contributed by atoms with Crippen molar-refractivity contribution >= 4 is 27.7 Å². The van der Waals surface area contributed by atoms with Crippen molar-refractivity contribution in [3.8, 4) is 11.5 Å². The number of nitrogens with two attached hydrogens (primary N) is 1. The molecule has 1 saturated carbocycles. The SMILES string of the molecule is C=C(S/C(=N\N)N(CC1CC1)C(=O)Cc1cccc(OC)c1)c1cc(C)c(OCC(CC)OC)c(C)c1. The normalized spacial score (nSPS) is 14.2. The van der Waals surface area contributed by atoms with Crippen molar-refractivity contribution in [2.45, 2.75) is 52.6 Å². The van der Waals surface area contributed by atoms with Crippen LogP contribution in [-0.2, 0) is 16.0 Å². The second-order valence-electron chi connectivity index (χ2n) is 9.43. The third kappa shape index (κ3) is 8.01. The van der Waals surface area contributed by atoms with Crippen LogP contribution in [0.2, 0.25) is 0 Å². The first kappa shape index (κ1) is 28.6. The highest BCUT2D eigenvalue weighted by atomic mass is 32.2. The predicted octanol–water partition coefficient (Wildman–Crippen LogP) is 5.53. The van der Waals surface area contributed by atoms with Crippen molar-refractivity contribution in [2.24, 2.45) is 16.9 Å². The molecule has 7 nitrogen and oxygen atoms in total. The van der Waals surface area contributed by atoms with E-state index in [2.05, 4.69) is 18.6 Å². The highest BCUT2D eigenvalue weighted by molar-refractivity contribution is 8.21. The van der Waals surface area contributed by atoms with Gasteiger partial charge in [-0.25, -0.2) is 0 Å². The molecule has 37 heavy (non-hydrogen) atoms. The lowest BCUT2D eigenvalue weighted by Crippen LogP contribution is -2.38. The second-order valence-corrected chi connectivity index (χ2v) is 10.5. The number of hydrogen-bond acceptors (Lipinski definition) is 7. The number of hydrazone groups is 1. The molecule has 0 bridgehead atoms. The van der Waals surface area contributed by atoms with Gasteiger partial charge in [-0.2, -0.15) is 5.10 Å². The Kier molecular flexibility index (Phi) is 10.5. The first-order valence-corrected chi connectivity index (χ1v) is 13.5. The van der Waals surface area contributed by atoms with E-state index in [0.29, 0.717) is 24.2 Å². The fourth-order valence-corrected chi connectivity index (χ4v) is 4.88. The molecule has 2 aromatic rings. The van der Waals surface area contributed by atoms with Gasteiger partial charge in [0.1, 0.15) is 18.1 Å². The van der Waals surface area contributed by atoms with E-state index in [1.54, 1.807) is 19.1 Å². The number of amidine groups is 1. The van der Waals surface area contributed by atoms with Gasteiger partial charge in [-0.05, 0) is 97.3 Å². The predicted molar refractivity (Wildman–Crippen MR) is 152 cm³/mol. The first-order chi connectivity index (χ1) is 17.8. The lowest BCUT2D eigenvalue weighted by atomic mass is 10.1. The Morgan fingerprint density at radius 2 is 1.92 bits per heavy atom. The summed E-state index contributed by atoms with van der Waals surface area (Å²) >= 11 is 1.32.